The number of halogens is 2. The molecule has 3 N–H and O–H groups in total. The summed E-state index contributed by atoms with van der Waals surface area (Å²) < 4.78 is 10.3. The minimum atomic E-state index is -0.227. The molecule has 5 nitrogen and oxygen atoms in total. The van der Waals surface area contributed by atoms with E-state index in [4.69, 9.17) is 38.4 Å². The second-order valence-corrected chi connectivity index (χ2v) is 4.91. The zero-order valence-corrected chi connectivity index (χ0v) is 12.8. The third-order valence-electron chi connectivity index (χ3n) is 2.50. The van der Waals surface area contributed by atoms with Crippen molar-refractivity contribution in [2.75, 3.05) is 26.9 Å². The molecule has 0 unspecified atom stereocenters. The first-order valence-electron chi connectivity index (χ1n) is 6.15. The van der Waals surface area contributed by atoms with Gasteiger partial charge in [-0.15, -0.1) is 0 Å². The molecule has 0 aliphatic carbocycles. The molecule has 20 heavy (non-hydrogen) atoms. The van der Waals surface area contributed by atoms with Crippen LogP contribution in [0.2, 0.25) is 10.0 Å². The molecular formula is C13H18Cl2N2O3. The number of amides is 1. The third kappa shape index (κ3) is 5.54. The van der Waals surface area contributed by atoms with Crippen LogP contribution in [0.1, 0.15) is 12.0 Å². The second-order valence-electron chi connectivity index (χ2n) is 4.06. The largest absolute Gasteiger partial charge is 0.482 e. The molecule has 0 atom stereocenters. The Morgan fingerprint density at radius 1 is 1.40 bits per heavy atom. The summed E-state index contributed by atoms with van der Waals surface area (Å²) in [6.07, 6.45) is 0.748. The Morgan fingerprint density at radius 3 is 2.80 bits per heavy atom. The maximum absolute atomic E-state index is 11.6. The van der Waals surface area contributed by atoms with Crippen LogP contribution in [-0.4, -0.2) is 32.8 Å². The van der Waals surface area contributed by atoms with Crippen LogP contribution in [0.5, 0.6) is 5.75 Å². The highest BCUT2D eigenvalue weighted by atomic mass is 35.5. The fourth-order valence-corrected chi connectivity index (χ4v) is 2.15. The van der Waals surface area contributed by atoms with Gasteiger partial charge in [-0.05, 0) is 18.6 Å². The molecule has 0 saturated heterocycles. The standard InChI is InChI=1S/C13H18Cl2N2O3/c1-19-4-2-3-17-12(18)8-20-13-9(7-16)5-10(14)6-11(13)15/h5-6H,2-4,7-8,16H2,1H3,(H,17,18). The number of ether oxygens (including phenoxy) is 2. The second kappa shape index (κ2) is 9.02. The highest BCUT2D eigenvalue weighted by Crippen LogP contribution is 2.32. The number of nitrogens with one attached hydrogen (secondary N) is 1. The SMILES string of the molecule is COCCCNC(=O)COc1c(Cl)cc(Cl)cc1CN. The molecule has 0 heterocycles. The van der Waals surface area contributed by atoms with Crippen LogP contribution in [0.4, 0.5) is 0 Å². The van der Waals surface area contributed by atoms with Crippen molar-refractivity contribution >= 4 is 29.1 Å². The van der Waals surface area contributed by atoms with E-state index in [-0.39, 0.29) is 19.1 Å². The van der Waals surface area contributed by atoms with E-state index in [0.717, 1.165) is 6.42 Å². The number of hydrogen-bond donors (Lipinski definition) is 2. The molecule has 7 heteroatoms. The van der Waals surface area contributed by atoms with Gasteiger partial charge in [0.25, 0.3) is 5.91 Å². The molecule has 0 fully saturated rings. The minimum absolute atomic E-state index is 0.124. The van der Waals surface area contributed by atoms with Gasteiger partial charge in [-0.25, -0.2) is 0 Å². The van der Waals surface area contributed by atoms with Crippen molar-refractivity contribution in [3.05, 3.63) is 27.7 Å². The molecule has 0 bridgehead atoms. The molecule has 0 saturated carbocycles. The average molecular weight is 321 g/mol. The number of carbonyl (C=O) groups is 1. The van der Waals surface area contributed by atoms with Gasteiger partial charge >= 0.3 is 0 Å². The lowest BCUT2D eigenvalue weighted by atomic mass is 10.2. The topological polar surface area (TPSA) is 73.6 Å². The van der Waals surface area contributed by atoms with Crippen molar-refractivity contribution in [1.29, 1.82) is 0 Å². The van der Waals surface area contributed by atoms with E-state index < -0.39 is 0 Å². The first-order chi connectivity index (χ1) is 9.58. The van der Waals surface area contributed by atoms with Gasteiger partial charge in [0.2, 0.25) is 0 Å². The van der Waals surface area contributed by atoms with Gasteiger partial charge in [0.1, 0.15) is 5.75 Å². The Morgan fingerprint density at radius 2 is 2.15 bits per heavy atom. The highest BCUT2D eigenvalue weighted by Gasteiger charge is 2.11. The Kier molecular flexibility index (Phi) is 7.69. The van der Waals surface area contributed by atoms with Crippen molar-refractivity contribution in [2.45, 2.75) is 13.0 Å². The zero-order valence-electron chi connectivity index (χ0n) is 11.2. The van der Waals surface area contributed by atoms with Crippen LogP contribution in [0, 0.1) is 0 Å². The number of methoxy groups -OCH3 is 1. The van der Waals surface area contributed by atoms with Crippen LogP contribution in [0.15, 0.2) is 12.1 Å². The summed E-state index contributed by atoms with van der Waals surface area (Å²) in [6, 6.07) is 3.22. The van der Waals surface area contributed by atoms with Crippen LogP contribution >= 0.6 is 23.2 Å². The van der Waals surface area contributed by atoms with E-state index in [1.54, 1.807) is 19.2 Å². The van der Waals surface area contributed by atoms with Gasteiger partial charge < -0.3 is 20.5 Å². The normalized spacial score (nSPS) is 10.4. The molecule has 0 aliphatic heterocycles. The molecule has 112 valence electrons. The fourth-order valence-electron chi connectivity index (χ4n) is 1.56. The van der Waals surface area contributed by atoms with Crippen molar-refractivity contribution in [1.82, 2.24) is 5.32 Å². The van der Waals surface area contributed by atoms with E-state index in [9.17, 15) is 4.79 Å². The van der Waals surface area contributed by atoms with Crippen LogP contribution < -0.4 is 15.8 Å². The first kappa shape index (κ1) is 17.0. The lowest BCUT2D eigenvalue weighted by Gasteiger charge is -2.12. The van der Waals surface area contributed by atoms with Crippen LogP contribution in [0.3, 0.4) is 0 Å². The molecule has 1 aromatic carbocycles. The molecule has 1 rings (SSSR count). The predicted octanol–water partition coefficient (Wildman–Crippen LogP) is 1.98. The van der Waals surface area contributed by atoms with E-state index in [2.05, 4.69) is 5.32 Å². The summed E-state index contributed by atoms with van der Waals surface area (Å²) in [5.74, 6) is 0.167. The van der Waals surface area contributed by atoms with Crippen molar-refractivity contribution in [2.24, 2.45) is 5.73 Å². The number of nitrogens with two attached hydrogens (primary N) is 1. The Labute approximate surface area is 128 Å². The predicted molar refractivity (Wildman–Crippen MR) is 79.4 cm³/mol. The van der Waals surface area contributed by atoms with Gasteiger partial charge in [-0.2, -0.15) is 0 Å². The Hall–Kier alpha value is -1.01. The van der Waals surface area contributed by atoms with Gasteiger partial charge in [0.05, 0.1) is 5.02 Å². The first-order valence-corrected chi connectivity index (χ1v) is 6.90. The molecule has 0 aliphatic rings. The minimum Gasteiger partial charge on any atom is -0.482 e. The molecule has 1 aromatic rings. The maximum atomic E-state index is 11.6. The zero-order chi connectivity index (χ0) is 15.0. The number of benzene rings is 1. The Balaban J connectivity index is 2.51. The number of rotatable bonds is 8. The average Bonchev–Trinajstić information content (AvgIpc) is 2.41. The van der Waals surface area contributed by atoms with Gasteiger partial charge in [-0.3, -0.25) is 4.79 Å². The summed E-state index contributed by atoms with van der Waals surface area (Å²) in [6.45, 7) is 1.24. The van der Waals surface area contributed by atoms with Crippen LogP contribution in [-0.2, 0) is 16.1 Å². The van der Waals surface area contributed by atoms with Gasteiger partial charge in [-0.1, -0.05) is 23.2 Å². The maximum Gasteiger partial charge on any atom is 0.257 e. The van der Waals surface area contributed by atoms with Crippen molar-refractivity contribution in [3.8, 4) is 5.75 Å². The lowest BCUT2D eigenvalue weighted by Crippen LogP contribution is -2.30. The fraction of sp³-hybridized carbons (Fsp3) is 0.462. The number of hydrogen-bond acceptors (Lipinski definition) is 4. The lowest BCUT2D eigenvalue weighted by molar-refractivity contribution is -0.123. The monoisotopic (exact) mass is 320 g/mol. The van der Waals surface area contributed by atoms with Crippen molar-refractivity contribution in [3.63, 3.8) is 0 Å². The molecular weight excluding hydrogens is 303 g/mol. The van der Waals surface area contributed by atoms with E-state index in [0.29, 0.717) is 34.5 Å². The summed E-state index contributed by atoms with van der Waals surface area (Å²) in [7, 11) is 1.61. The molecule has 1 amide bonds. The molecule has 0 spiro atoms. The van der Waals surface area contributed by atoms with E-state index >= 15 is 0 Å². The summed E-state index contributed by atoms with van der Waals surface area (Å²) in [4.78, 5) is 11.6. The third-order valence-corrected chi connectivity index (χ3v) is 3.00. The number of carbonyl (C=O) groups excluding carboxylic acids is 1. The molecule has 0 radical (unpaired) electrons. The van der Waals surface area contributed by atoms with Crippen LogP contribution in [0.25, 0.3) is 0 Å². The summed E-state index contributed by atoms with van der Waals surface area (Å²) in [5.41, 5.74) is 6.26. The Bertz CT molecular complexity index is 455. The van der Waals surface area contributed by atoms with E-state index in [1.165, 1.54) is 0 Å². The quantitative estimate of drug-likeness (QED) is 0.718. The summed E-state index contributed by atoms with van der Waals surface area (Å²) >= 11 is 11.9. The van der Waals surface area contributed by atoms with Gasteiger partial charge in [0, 0.05) is 37.4 Å². The summed E-state index contributed by atoms with van der Waals surface area (Å²) in [5, 5.41) is 3.53. The van der Waals surface area contributed by atoms with E-state index in [1.807, 2.05) is 0 Å². The molecule has 0 aromatic heterocycles. The van der Waals surface area contributed by atoms with Gasteiger partial charge in [0.15, 0.2) is 6.61 Å². The van der Waals surface area contributed by atoms with Crippen molar-refractivity contribution < 1.29 is 14.3 Å². The smallest absolute Gasteiger partial charge is 0.257 e. The highest BCUT2D eigenvalue weighted by molar-refractivity contribution is 6.35.